The lowest BCUT2D eigenvalue weighted by Gasteiger charge is -2.07. The minimum Gasteiger partial charge on any atom is -0.508 e. The summed E-state index contributed by atoms with van der Waals surface area (Å²) in [6.45, 7) is 5.46. The van der Waals surface area contributed by atoms with E-state index in [2.05, 4.69) is 6.58 Å². The van der Waals surface area contributed by atoms with E-state index in [1.165, 1.54) is 18.2 Å². The van der Waals surface area contributed by atoms with Gasteiger partial charge in [-0.3, -0.25) is 4.79 Å². The largest absolute Gasteiger partial charge is 0.508 e. The first-order valence-corrected chi connectivity index (χ1v) is 5.13. The standard InChI is InChI=1S/C13H12O4/c1-3-4-16-11-6-9(14)7-12-13(11)10(15)5-8(2)17-12/h3,5-7,14H,1,4H2,2H3. The van der Waals surface area contributed by atoms with Gasteiger partial charge in [0.15, 0.2) is 5.43 Å². The van der Waals surface area contributed by atoms with Gasteiger partial charge in [0.1, 0.15) is 34.8 Å². The number of phenols is 1. The monoisotopic (exact) mass is 232 g/mol. The van der Waals surface area contributed by atoms with E-state index >= 15 is 0 Å². The number of aryl methyl sites for hydroxylation is 1. The fourth-order valence-electron chi connectivity index (χ4n) is 1.62. The number of hydrogen-bond acceptors (Lipinski definition) is 4. The molecule has 0 aliphatic rings. The molecular weight excluding hydrogens is 220 g/mol. The lowest BCUT2D eigenvalue weighted by atomic mass is 10.2. The van der Waals surface area contributed by atoms with Gasteiger partial charge in [-0.15, -0.1) is 0 Å². The summed E-state index contributed by atoms with van der Waals surface area (Å²) in [5, 5.41) is 9.85. The van der Waals surface area contributed by atoms with Gasteiger partial charge in [0, 0.05) is 18.2 Å². The number of ether oxygens (including phenoxy) is 1. The summed E-state index contributed by atoms with van der Waals surface area (Å²) in [5.41, 5.74) is 0.122. The molecule has 0 bridgehead atoms. The first-order chi connectivity index (χ1) is 8.11. The molecule has 0 spiro atoms. The van der Waals surface area contributed by atoms with Crippen molar-refractivity contribution in [2.75, 3.05) is 6.61 Å². The quantitative estimate of drug-likeness (QED) is 0.825. The van der Waals surface area contributed by atoms with Gasteiger partial charge in [-0.2, -0.15) is 0 Å². The average molecular weight is 232 g/mol. The van der Waals surface area contributed by atoms with Crippen LogP contribution in [-0.2, 0) is 0 Å². The number of benzene rings is 1. The van der Waals surface area contributed by atoms with Gasteiger partial charge < -0.3 is 14.3 Å². The lowest BCUT2D eigenvalue weighted by Crippen LogP contribution is -2.04. The molecule has 1 aromatic heterocycles. The summed E-state index contributed by atoms with van der Waals surface area (Å²) < 4.78 is 10.7. The van der Waals surface area contributed by atoms with Crippen molar-refractivity contribution in [3.63, 3.8) is 0 Å². The second kappa shape index (κ2) is 4.33. The molecule has 1 N–H and O–H groups in total. The highest BCUT2D eigenvalue weighted by molar-refractivity contribution is 5.85. The Morgan fingerprint density at radius 1 is 1.47 bits per heavy atom. The van der Waals surface area contributed by atoms with Gasteiger partial charge in [-0.1, -0.05) is 12.7 Å². The van der Waals surface area contributed by atoms with Gasteiger partial charge >= 0.3 is 0 Å². The van der Waals surface area contributed by atoms with E-state index in [1.807, 2.05) is 0 Å². The number of hydrogen-bond donors (Lipinski definition) is 1. The molecule has 2 rings (SSSR count). The van der Waals surface area contributed by atoms with Crippen LogP contribution in [-0.4, -0.2) is 11.7 Å². The third-order valence-corrected chi connectivity index (χ3v) is 2.26. The van der Waals surface area contributed by atoms with Crippen LogP contribution in [0.3, 0.4) is 0 Å². The smallest absolute Gasteiger partial charge is 0.196 e. The van der Waals surface area contributed by atoms with Crippen LogP contribution < -0.4 is 10.2 Å². The number of rotatable bonds is 3. The van der Waals surface area contributed by atoms with Crippen LogP contribution in [0.15, 0.2) is 40.1 Å². The van der Waals surface area contributed by atoms with Gasteiger partial charge in [-0.05, 0) is 6.92 Å². The Morgan fingerprint density at radius 3 is 2.94 bits per heavy atom. The molecule has 17 heavy (non-hydrogen) atoms. The fraction of sp³-hybridized carbons (Fsp3) is 0.154. The Bertz CT molecular complexity index is 620. The van der Waals surface area contributed by atoms with Crippen molar-refractivity contribution in [3.05, 3.63) is 46.8 Å². The maximum atomic E-state index is 11.8. The van der Waals surface area contributed by atoms with Crippen molar-refractivity contribution in [1.29, 1.82) is 0 Å². The van der Waals surface area contributed by atoms with Crippen LogP contribution in [0.1, 0.15) is 5.76 Å². The Labute approximate surface area is 97.8 Å². The summed E-state index contributed by atoms with van der Waals surface area (Å²) in [7, 11) is 0. The molecule has 1 aromatic carbocycles. The molecular formula is C13H12O4. The lowest BCUT2D eigenvalue weighted by molar-refractivity contribution is 0.363. The highest BCUT2D eigenvalue weighted by Crippen LogP contribution is 2.28. The zero-order valence-electron chi connectivity index (χ0n) is 9.40. The van der Waals surface area contributed by atoms with Crippen LogP contribution in [0, 0.1) is 6.92 Å². The Morgan fingerprint density at radius 2 is 2.24 bits per heavy atom. The average Bonchev–Trinajstić information content (AvgIpc) is 2.24. The normalized spacial score (nSPS) is 10.4. The molecule has 4 heteroatoms. The highest BCUT2D eigenvalue weighted by atomic mass is 16.5. The Balaban J connectivity index is 2.73. The summed E-state index contributed by atoms with van der Waals surface area (Å²) >= 11 is 0. The molecule has 2 aromatic rings. The molecule has 0 radical (unpaired) electrons. The molecule has 1 heterocycles. The Hall–Kier alpha value is -2.23. The van der Waals surface area contributed by atoms with Crippen LogP contribution in [0.5, 0.6) is 11.5 Å². The molecule has 0 aliphatic carbocycles. The predicted molar refractivity (Wildman–Crippen MR) is 64.6 cm³/mol. The Kier molecular flexibility index (Phi) is 2.87. The minimum absolute atomic E-state index is 0.00897. The van der Waals surface area contributed by atoms with Gasteiger partial charge in [0.2, 0.25) is 0 Å². The minimum atomic E-state index is -0.192. The number of phenolic OH excluding ortho intramolecular Hbond substituents is 1. The molecule has 0 saturated carbocycles. The van der Waals surface area contributed by atoms with Crippen molar-refractivity contribution in [3.8, 4) is 11.5 Å². The van der Waals surface area contributed by atoms with E-state index < -0.39 is 0 Å². The molecule has 0 amide bonds. The van der Waals surface area contributed by atoms with E-state index in [9.17, 15) is 9.90 Å². The zero-order valence-corrected chi connectivity index (χ0v) is 9.40. The predicted octanol–water partition coefficient (Wildman–Crippen LogP) is 2.37. The second-order valence-electron chi connectivity index (χ2n) is 3.64. The molecule has 0 aliphatic heterocycles. The molecule has 0 fully saturated rings. The highest BCUT2D eigenvalue weighted by Gasteiger charge is 2.11. The SMILES string of the molecule is C=CCOc1cc(O)cc2oc(C)cc(=O)c12. The number of fused-ring (bicyclic) bond motifs is 1. The maximum Gasteiger partial charge on any atom is 0.196 e. The van der Waals surface area contributed by atoms with E-state index in [1.54, 1.807) is 13.0 Å². The third kappa shape index (κ3) is 2.15. The van der Waals surface area contributed by atoms with Crippen molar-refractivity contribution in [1.82, 2.24) is 0 Å². The van der Waals surface area contributed by atoms with E-state index in [0.717, 1.165) is 0 Å². The second-order valence-corrected chi connectivity index (χ2v) is 3.64. The van der Waals surface area contributed by atoms with Crippen LogP contribution >= 0.6 is 0 Å². The molecule has 0 unspecified atom stereocenters. The van der Waals surface area contributed by atoms with Crippen LogP contribution in [0.25, 0.3) is 11.0 Å². The molecule has 88 valence electrons. The van der Waals surface area contributed by atoms with Gasteiger partial charge in [0.25, 0.3) is 0 Å². The fourth-order valence-corrected chi connectivity index (χ4v) is 1.62. The van der Waals surface area contributed by atoms with Crippen LogP contribution in [0.2, 0.25) is 0 Å². The van der Waals surface area contributed by atoms with Crippen molar-refractivity contribution in [2.24, 2.45) is 0 Å². The van der Waals surface area contributed by atoms with E-state index in [0.29, 0.717) is 22.5 Å². The summed E-state index contributed by atoms with van der Waals surface area (Å²) in [4.78, 5) is 11.8. The van der Waals surface area contributed by atoms with Crippen molar-refractivity contribution in [2.45, 2.75) is 6.92 Å². The van der Waals surface area contributed by atoms with E-state index in [-0.39, 0.29) is 17.8 Å². The summed E-state index contributed by atoms with van der Waals surface area (Å²) in [6, 6.07) is 4.17. The van der Waals surface area contributed by atoms with E-state index in [4.69, 9.17) is 9.15 Å². The maximum absolute atomic E-state index is 11.8. The topological polar surface area (TPSA) is 59.7 Å². The zero-order chi connectivity index (χ0) is 12.4. The van der Waals surface area contributed by atoms with Crippen molar-refractivity contribution < 1.29 is 14.3 Å². The molecule has 0 saturated heterocycles. The summed E-state index contributed by atoms with van der Waals surface area (Å²) in [6.07, 6.45) is 1.56. The van der Waals surface area contributed by atoms with Gasteiger partial charge in [0.05, 0.1) is 0 Å². The van der Waals surface area contributed by atoms with Crippen molar-refractivity contribution >= 4 is 11.0 Å². The molecule has 0 atom stereocenters. The third-order valence-electron chi connectivity index (χ3n) is 2.26. The van der Waals surface area contributed by atoms with Crippen LogP contribution in [0.4, 0.5) is 0 Å². The van der Waals surface area contributed by atoms with Gasteiger partial charge in [-0.25, -0.2) is 0 Å². The molecule has 4 nitrogen and oxygen atoms in total. The first-order valence-electron chi connectivity index (χ1n) is 5.13. The summed E-state index contributed by atoms with van der Waals surface area (Å²) in [5.74, 6) is 0.779. The number of aromatic hydroxyl groups is 1. The first kappa shape index (κ1) is 11.3.